The predicted molar refractivity (Wildman–Crippen MR) is 98.2 cm³/mol. The topological polar surface area (TPSA) is 90.3 Å². The molecule has 0 saturated carbocycles. The van der Waals surface area contributed by atoms with Gasteiger partial charge in [-0.05, 0) is 42.8 Å². The Morgan fingerprint density at radius 2 is 2.00 bits per heavy atom. The fraction of sp³-hybridized carbons (Fsp3) is 0.176. The third kappa shape index (κ3) is 4.95. The Labute approximate surface area is 151 Å². The average molecular weight is 378 g/mol. The molecule has 2 aromatic carbocycles. The van der Waals surface area contributed by atoms with Crippen LogP contribution in [0.25, 0.3) is 0 Å². The molecule has 0 spiro atoms. The molecule has 0 fully saturated rings. The van der Waals surface area contributed by atoms with Crippen molar-refractivity contribution < 1.29 is 13.2 Å². The molecule has 0 heterocycles. The molecule has 0 aromatic heterocycles. The van der Waals surface area contributed by atoms with Crippen molar-refractivity contribution in [1.82, 2.24) is 0 Å². The molecular formula is C17H16ClN3O3S. The molecule has 25 heavy (non-hydrogen) atoms. The maximum absolute atomic E-state index is 12.3. The monoisotopic (exact) mass is 377 g/mol. The number of carbonyl (C=O) groups excluding carboxylic acids is 1. The molecule has 8 heteroatoms. The van der Waals surface area contributed by atoms with Gasteiger partial charge in [-0.25, -0.2) is 8.42 Å². The number of benzene rings is 2. The fourth-order valence-electron chi connectivity index (χ4n) is 2.17. The van der Waals surface area contributed by atoms with Crippen LogP contribution in [-0.2, 0) is 14.8 Å². The number of carbonyl (C=O) groups is 1. The van der Waals surface area contributed by atoms with Crippen molar-refractivity contribution in [2.75, 3.05) is 22.4 Å². The molecule has 2 aromatic rings. The van der Waals surface area contributed by atoms with Gasteiger partial charge < -0.3 is 5.32 Å². The quantitative estimate of drug-likeness (QED) is 0.867. The van der Waals surface area contributed by atoms with E-state index < -0.39 is 22.5 Å². The van der Waals surface area contributed by atoms with Crippen LogP contribution in [0.3, 0.4) is 0 Å². The van der Waals surface area contributed by atoms with Gasteiger partial charge in [0.05, 0.1) is 34.3 Å². The first kappa shape index (κ1) is 18.8. The van der Waals surface area contributed by atoms with Gasteiger partial charge in [0.15, 0.2) is 0 Å². The van der Waals surface area contributed by atoms with Crippen molar-refractivity contribution in [2.45, 2.75) is 6.92 Å². The molecule has 0 radical (unpaired) electrons. The summed E-state index contributed by atoms with van der Waals surface area (Å²) in [6.07, 6.45) is 0.998. The van der Waals surface area contributed by atoms with Gasteiger partial charge in [-0.3, -0.25) is 9.10 Å². The average Bonchev–Trinajstić information content (AvgIpc) is 2.54. The van der Waals surface area contributed by atoms with E-state index >= 15 is 0 Å². The number of rotatable bonds is 5. The van der Waals surface area contributed by atoms with E-state index in [9.17, 15) is 13.2 Å². The van der Waals surface area contributed by atoms with Crippen LogP contribution in [0.2, 0.25) is 5.02 Å². The zero-order valence-electron chi connectivity index (χ0n) is 13.7. The van der Waals surface area contributed by atoms with Crippen molar-refractivity contribution in [1.29, 1.82) is 5.26 Å². The van der Waals surface area contributed by atoms with Gasteiger partial charge in [0, 0.05) is 0 Å². The lowest BCUT2D eigenvalue weighted by molar-refractivity contribution is -0.114. The molecule has 0 bridgehead atoms. The summed E-state index contributed by atoms with van der Waals surface area (Å²) in [5.74, 6) is -0.543. The number of halogens is 1. The Balaban J connectivity index is 2.25. The summed E-state index contributed by atoms with van der Waals surface area (Å²) in [5.41, 5.74) is 1.88. The normalized spacial score (nSPS) is 10.8. The van der Waals surface area contributed by atoms with Gasteiger partial charge in [0.2, 0.25) is 15.9 Å². The minimum Gasteiger partial charge on any atom is -0.323 e. The molecule has 1 amide bonds. The van der Waals surface area contributed by atoms with Crippen LogP contribution in [0.5, 0.6) is 0 Å². The molecule has 0 unspecified atom stereocenters. The summed E-state index contributed by atoms with van der Waals surface area (Å²) in [4.78, 5) is 12.3. The molecule has 130 valence electrons. The molecular weight excluding hydrogens is 362 g/mol. The van der Waals surface area contributed by atoms with Gasteiger partial charge >= 0.3 is 0 Å². The standard InChI is InChI=1S/C17H16ClN3O3S/c1-12-6-7-16(15(18)8-12)20-17(22)11-21(25(2,23)24)14-5-3-4-13(9-14)10-19/h3-9H,11H2,1-2H3,(H,20,22). The first-order valence-electron chi connectivity index (χ1n) is 7.24. The zero-order valence-corrected chi connectivity index (χ0v) is 15.2. The Kier molecular flexibility index (Phi) is 5.67. The van der Waals surface area contributed by atoms with Crippen LogP contribution in [0.15, 0.2) is 42.5 Å². The number of aryl methyl sites for hydroxylation is 1. The minimum absolute atomic E-state index is 0.242. The maximum atomic E-state index is 12.3. The number of amides is 1. The van der Waals surface area contributed by atoms with Crippen molar-refractivity contribution in [2.24, 2.45) is 0 Å². The van der Waals surface area contributed by atoms with Crippen molar-refractivity contribution in [3.8, 4) is 6.07 Å². The van der Waals surface area contributed by atoms with E-state index in [0.717, 1.165) is 16.1 Å². The van der Waals surface area contributed by atoms with Crippen LogP contribution in [-0.4, -0.2) is 27.1 Å². The van der Waals surface area contributed by atoms with Crippen LogP contribution >= 0.6 is 11.6 Å². The number of nitriles is 1. The second-order valence-corrected chi connectivity index (χ2v) is 7.78. The number of nitrogens with zero attached hydrogens (tertiary/aromatic N) is 2. The Bertz CT molecular complexity index is 952. The lowest BCUT2D eigenvalue weighted by Gasteiger charge is -2.22. The van der Waals surface area contributed by atoms with Crippen LogP contribution in [0.1, 0.15) is 11.1 Å². The van der Waals surface area contributed by atoms with Crippen molar-refractivity contribution in [3.63, 3.8) is 0 Å². The second-order valence-electron chi connectivity index (χ2n) is 5.46. The smallest absolute Gasteiger partial charge is 0.245 e. The van der Waals surface area contributed by atoms with Gasteiger partial charge in [-0.15, -0.1) is 0 Å². The van der Waals surface area contributed by atoms with Crippen LogP contribution in [0, 0.1) is 18.3 Å². The molecule has 0 atom stereocenters. The highest BCUT2D eigenvalue weighted by atomic mass is 35.5. The Hall–Kier alpha value is -2.56. The lowest BCUT2D eigenvalue weighted by Crippen LogP contribution is -2.37. The molecule has 2 rings (SSSR count). The summed E-state index contributed by atoms with van der Waals surface area (Å²) in [6.45, 7) is 1.43. The van der Waals surface area contributed by atoms with E-state index in [1.54, 1.807) is 30.3 Å². The number of hydrogen-bond acceptors (Lipinski definition) is 4. The molecule has 0 aliphatic heterocycles. The number of anilines is 2. The molecule has 6 nitrogen and oxygen atoms in total. The molecule has 0 aliphatic carbocycles. The van der Waals surface area contributed by atoms with Gasteiger partial charge in [-0.2, -0.15) is 5.26 Å². The Morgan fingerprint density at radius 3 is 2.60 bits per heavy atom. The van der Waals surface area contributed by atoms with Gasteiger partial charge in [-0.1, -0.05) is 23.7 Å². The predicted octanol–water partition coefficient (Wildman–Crippen LogP) is 2.92. The van der Waals surface area contributed by atoms with E-state index in [1.165, 1.54) is 12.1 Å². The summed E-state index contributed by atoms with van der Waals surface area (Å²) >= 11 is 6.07. The van der Waals surface area contributed by atoms with E-state index in [0.29, 0.717) is 16.3 Å². The SMILES string of the molecule is Cc1ccc(NC(=O)CN(c2cccc(C#N)c2)S(C)(=O)=O)c(Cl)c1. The minimum atomic E-state index is -3.72. The summed E-state index contributed by atoms with van der Waals surface area (Å²) in [6, 6.07) is 13.1. The number of sulfonamides is 1. The molecule has 1 N–H and O–H groups in total. The fourth-order valence-corrected chi connectivity index (χ4v) is 3.30. The largest absolute Gasteiger partial charge is 0.323 e. The van der Waals surface area contributed by atoms with E-state index in [2.05, 4.69) is 5.32 Å². The summed E-state index contributed by atoms with van der Waals surface area (Å²) in [7, 11) is -3.72. The van der Waals surface area contributed by atoms with E-state index in [4.69, 9.17) is 16.9 Å². The third-order valence-corrected chi connectivity index (χ3v) is 4.80. The highest BCUT2D eigenvalue weighted by Crippen LogP contribution is 2.23. The first-order valence-corrected chi connectivity index (χ1v) is 9.47. The zero-order chi connectivity index (χ0) is 18.6. The highest BCUT2D eigenvalue weighted by molar-refractivity contribution is 7.92. The lowest BCUT2D eigenvalue weighted by atomic mass is 10.2. The van der Waals surface area contributed by atoms with Gasteiger partial charge in [0.25, 0.3) is 0 Å². The van der Waals surface area contributed by atoms with Crippen LogP contribution < -0.4 is 9.62 Å². The molecule has 0 saturated heterocycles. The third-order valence-electron chi connectivity index (χ3n) is 3.35. The molecule has 0 aliphatic rings. The number of hydrogen-bond donors (Lipinski definition) is 1. The maximum Gasteiger partial charge on any atom is 0.245 e. The number of nitrogens with one attached hydrogen (secondary N) is 1. The second kappa shape index (κ2) is 7.55. The van der Waals surface area contributed by atoms with E-state index in [1.807, 2.05) is 13.0 Å². The van der Waals surface area contributed by atoms with E-state index in [-0.39, 0.29) is 5.69 Å². The Morgan fingerprint density at radius 1 is 1.28 bits per heavy atom. The first-order chi connectivity index (χ1) is 11.7. The van der Waals surface area contributed by atoms with Crippen molar-refractivity contribution >= 4 is 38.9 Å². The summed E-state index contributed by atoms with van der Waals surface area (Å²) in [5, 5.41) is 11.9. The van der Waals surface area contributed by atoms with Gasteiger partial charge in [0.1, 0.15) is 6.54 Å². The van der Waals surface area contributed by atoms with Crippen molar-refractivity contribution in [3.05, 3.63) is 58.6 Å². The summed E-state index contributed by atoms with van der Waals surface area (Å²) < 4.78 is 25.1. The highest BCUT2D eigenvalue weighted by Gasteiger charge is 2.21. The van der Waals surface area contributed by atoms with Crippen LogP contribution in [0.4, 0.5) is 11.4 Å².